The standard InChI is InChI=1S/C29H35N5O6/c1-38-25-18-20(19-30-26(35)10-3-4-12-28(36)39-2)13-14-22(25)33-29(37)23-9-7-8-21(32-23)24-15-16-31-34(24)27-11-5-6-17-40-27/h7-9,13-16,18,27H,3-6,10-12,17,19H2,1-2H3,(H,30,35)(H,33,37). The van der Waals surface area contributed by atoms with Crippen molar-refractivity contribution < 1.29 is 28.6 Å². The summed E-state index contributed by atoms with van der Waals surface area (Å²) in [6.07, 6.45) is 6.38. The summed E-state index contributed by atoms with van der Waals surface area (Å²) in [5.74, 6) is -0.307. The van der Waals surface area contributed by atoms with Crippen molar-refractivity contribution in [1.82, 2.24) is 20.1 Å². The van der Waals surface area contributed by atoms with Crippen molar-refractivity contribution in [3.63, 3.8) is 0 Å². The van der Waals surface area contributed by atoms with E-state index in [1.165, 1.54) is 14.2 Å². The summed E-state index contributed by atoms with van der Waals surface area (Å²) in [6.45, 7) is 1.01. The summed E-state index contributed by atoms with van der Waals surface area (Å²) in [5.41, 5.74) is 2.96. The maximum atomic E-state index is 13.1. The zero-order chi connectivity index (χ0) is 28.3. The minimum atomic E-state index is -0.381. The number of amides is 2. The van der Waals surface area contributed by atoms with Crippen molar-refractivity contribution in [3.05, 3.63) is 59.9 Å². The molecular weight excluding hydrogens is 514 g/mol. The average molecular weight is 550 g/mol. The molecule has 2 N–H and O–H groups in total. The molecule has 40 heavy (non-hydrogen) atoms. The Bertz CT molecular complexity index is 1320. The van der Waals surface area contributed by atoms with Gasteiger partial charge in [0.05, 0.1) is 31.3 Å². The average Bonchev–Trinajstić information content (AvgIpc) is 3.49. The van der Waals surface area contributed by atoms with E-state index in [0.29, 0.717) is 56.0 Å². The van der Waals surface area contributed by atoms with Gasteiger partial charge in [-0.25, -0.2) is 9.67 Å². The second kappa shape index (κ2) is 14.2. The normalized spacial score (nSPS) is 14.8. The third-order valence-electron chi connectivity index (χ3n) is 6.61. The van der Waals surface area contributed by atoms with Crippen LogP contribution in [-0.4, -0.2) is 53.4 Å². The van der Waals surface area contributed by atoms with Gasteiger partial charge in [-0.2, -0.15) is 5.10 Å². The predicted octanol–water partition coefficient (Wildman–Crippen LogP) is 4.25. The Morgan fingerprint density at radius 3 is 2.70 bits per heavy atom. The molecule has 1 aromatic carbocycles. The Morgan fingerprint density at radius 1 is 1.07 bits per heavy atom. The van der Waals surface area contributed by atoms with E-state index in [1.54, 1.807) is 30.5 Å². The van der Waals surface area contributed by atoms with Crippen LogP contribution in [0.15, 0.2) is 48.7 Å². The number of unbranched alkanes of at least 4 members (excludes halogenated alkanes) is 1. The molecule has 1 saturated heterocycles. The first-order chi connectivity index (χ1) is 19.5. The number of nitrogens with one attached hydrogen (secondary N) is 2. The van der Waals surface area contributed by atoms with E-state index in [-0.39, 0.29) is 29.7 Å². The summed E-state index contributed by atoms with van der Waals surface area (Å²) < 4.78 is 17.8. The van der Waals surface area contributed by atoms with Crippen LogP contribution in [0.25, 0.3) is 11.4 Å². The van der Waals surface area contributed by atoms with Crippen LogP contribution in [0.3, 0.4) is 0 Å². The highest BCUT2D eigenvalue weighted by atomic mass is 16.5. The number of hydrogen-bond donors (Lipinski definition) is 2. The molecular formula is C29H35N5O6. The molecule has 212 valence electrons. The Kier molecular flexibility index (Phi) is 10.2. The van der Waals surface area contributed by atoms with E-state index in [9.17, 15) is 14.4 Å². The third kappa shape index (κ3) is 7.66. The molecule has 0 radical (unpaired) electrons. The number of anilines is 1. The molecule has 3 aromatic rings. The lowest BCUT2D eigenvalue weighted by Crippen LogP contribution is -2.22. The van der Waals surface area contributed by atoms with Crippen molar-refractivity contribution in [2.75, 3.05) is 26.1 Å². The number of aromatic nitrogens is 3. The second-order valence-electron chi connectivity index (χ2n) is 9.44. The van der Waals surface area contributed by atoms with Crippen molar-refractivity contribution in [3.8, 4) is 17.1 Å². The number of methoxy groups -OCH3 is 2. The molecule has 0 saturated carbocycles. The van der Waals surface area contributed by atoms with Gasteiger partial charge in [0, 0.05) is 32.2 Å². The highest BCUT2D eigenvalue weighted by Crippen LogP contribution is 2.29. The highest BCUT2D eigenvalue weighted by Gasteiger charge is 2.21. The monoisotopic (exact) mass is 549 g/mol. The van der Waals surface area contributed by atoms with Gasteiger partial charge in [0.25, 0.3) is 5.91 Å². The molecule has 1 aliphatic rings. The Balaban J connectivity index is 1.36. The van der Waals surface area contributed by atoms with Gasteiger partial charge in [0.15, 0.2) is 6.23 Å². The number of benzene rings is 1. The van der Waals surface area contributed by atoms with Crippen LogP contribution in [0.4, 0.5) is 5.69 Å². The number of carbonyl (C=O) groups excluding carboxylic acids is 3. The zero-order valence-electron chi connectivity index (χ0n) is 22.9. The first-order valence-corrected chi connectivity index (χ1v) is 13.4. The van der Waals surface area contributed by atoms with Gasteiger partial charge in [-0.1, -0.05) is 12.1 Å². The second-order valence-corrected chi connectivity index (χ2v) is 9.44. The van der Waals surface area contributed by atoms with Crippen molar-refractivity contribution in [2.45, 2.75) is 57.7 Å². The number of ether oxygens (including phenoxy) is 3. The molecule has 4 rings (SSSR count). The van der Waals surface area contributed by atoms with Crippen LogP contribution >= 0.6 is 0 Å². The van der Waals surface area contributed by atoms with Gasteiger partial charge in [0.2, 0.25) is 5.91 Å². The maximum Gasteiger partial charge on any atom is 0.305 e. The minimum Gasteiger partial charge on any atom is -0.495 e. The number of carbonyl (C=O) groups is 3. The van der Waals surface area contributed by atoms with Crippen molar-refractivity contribution >= 4 is 23.5 Å². The Hall–Kier alpha value is -4.25. The van der Waals surface area contributed by atoms with E-state index in [1.807, 2.05) is 22.9 Å². The molecule has 1 aliphatic heterocycles. The van der Waals surface area contributed by atoms with Crippen LogP contribution in [0.5, 0.6) is 5.75 Å². The molecule has 0 spiro atoms. The largest absolute Gasteiger partial charge is 0.495 e. The first kappa shape index (κ1) is 28.8. The van der Waals surface area contributed by atoms with Gasteiger partial charge >= 0.3 is 5.97 Å². The molecule has 0 bridgehead atoms. The van der Waals surface area contributed by atoms with E-state index >= 15 is 0 Å². The first-order valence-electron chi connectivity index (χ1n) is 13.4. The summed E-state index contributed by atoms with van der Waals surface area (Å²) in [6, 6.07) is 12.4. The lowest BCUT2D eigenvalue weighted by atomic mass is 10.1. The summed E-state index contributed by atoms with van der Waals surface area (Å²) in [4.78, 5) is 41.0. The molecule has 3 heterocycles. The number of esters is 1. The number of nitrogens with zero attached hydrogens (tertiary/aromatic N) is 3. The third-order valence-corrected chi connectivity index (χ3v) is 6.61. The van der Waals surface area contributed by atoms with Gasteiger partial charge in [-0.05, 0) is 68.0 Å². The smallest absolute Gasteiger partial charge is 0.305 e. The molecule has 11 heteroatoms. The lowest BCUT2D eigenvalue weighted by molar-refractivity contribution is -0.140. The van der Waals surface area contributed by atoms with Crippen LogP contribution in [0.2, 0.25) is 0 Å². The molecule has 11 nitrogen and oxygen atoms in total. The van der Waals surface area contributed by atoms with E-state index in [4.69, 9.17) is 9.47 Å². The van der Waals surface area contributed by atoms with Crippen LogP contribution in [-0.2, 0) is 25.6 Å². The fourth-order valence-electron chi connectivity index (χ4n) is 4.45. The van der Waals surface area contributed by atoms with Gasteiger partial charge in [0.1, 0.15) is 11.4 Å². The number of rotatable bonds is 12. The quantitative estimate of drug-likeness (QED) is 0.253. The SMILES string of the molecule is COC(=O)CCCCC(=O)NCc1ccc(NC(=O)c2cccc(-c3ccnn3C3CCCCO3)n2)c(OC)c1. The van der Waals surface area contributed by atoms with Gasteiger partial charge in [-0.15, -0.1) is 0 Å². The van der Waals surface area contributed by atoms with E-state index < -0.39 is 0 Å². The predicted molar refractivity (Wildman–Crippen MR) is 148 cm³/mol. The summed E-state index contributed by atoms with van der Waals surface area (Å²) in [5, 5.41) is 10.2. The summed E-state index contributed by atoms with van der Waals surface area (Å²) in [7, 11) is 2.86. The minimum absolute atomic E-state index is 0.108. The van der Waals surface area contributed by atoms with E-state index in [2.05, 4.69) is 25.5 Å². The molecule has 2 amide bonds. The fourth-order valence-corrected chi connectivity index (χ4v) is 4.45. The van der Waals surface area contributed by atoms with Crippen molar-refractivity contribution in [2.24, 2.45) is 0 Å². The van der Waals surface area contributed by atoms with Crippen molar-refractivity contribution in [1.29, 1.82) is 0 Å². The van der Waals surface area contributed by atoms with E-state index in [0.717, 1.165) is 30.5 Å². The summed E-state index contributed by atoms with van der Waals surface area (Å²) >= 11 is 0. The molecule has 0 aliphatic carbocycles. The highest BCUT2D eigenvalue weighted by molar-refractivity contribution is 6.04. The van der Waals surface area contributed by atoms with Crippen LogP contribution < -0.4 is 15.4 Å². The lowest BCUT2D eigenvalue weighted by Gasteiger charge is -2.24. The zero-order valence-corrected chi connectivity index (χ0v) is 22.9. The van der Waals surface area contributed by atoms with Gasteiger partial charge < -0.3 is 24.8 Å². The number of hydrogen-bond acceptors (Lipinski definition) is 8. The maximum absolute atomic E-state index is 13.1. The fraction of sp³-hybridized carbons (Fsp3) is 0.414. The molecule has 2 aromatic heterocycles. The molecule has 1 fully saturated rings. The molecule has 1 atom stereocenters. The Labute approximate surface area is 233 Å². The Morgan fingerprint density at radius 2 is 1.93 bits per heavy atom. The van der Waals surface area contributed by atoms with Crippen LogP contribution in [0.1, 0.15) is 67.2 Å². The van der Waals surface area contributed by atoms with Gasteiger partial charge in [-0.3, -0.25) is 14.4 Å². The van der Waals surface area contributed by atoms with Crippen LogP contribution in [0, 0.1) is 0 Å². The topological polar surface area (TPSA) is 134 Å². The number of pyridine rings is 1. The molecule has 1 unspecified atom stereocenters.